The van der Waals surface area contributed by atoms with Crippen molar-refractivity contribution in [2.45, 2.75) is 32.1 Å². The van der Waals surface area contributed by atoms with Gasteiger partial charge in [0, 0.05) is 18.0 Å². The molecule has 0 unspecified atom stereocenters. The zero-order valence-corrected chi connectivity index (χ0v) is 15.3. The van der Waals surface area contributed by atoms with E-state index in [4.69, 9.17) is 14.6 Å². The molecule has 0 saturated heterocycles. The molecule has 0 atom stereocenters. The Morgan fingerprint density at radius 2 is 1.72 bits per heavy atom. The lowest BCUT2D eigenvalue weighted by Crippen LogP contribution is -2.31. The number of benzene rings is 1. The van der Waals surface area contributed by atoms with Gasteiger partial charge in [0.25, 0.3) is 10.2 Å². The van der Waals surface area contributed by atoms with E-state index in [1.54, 1.807) is 20.5 Å². The number of methoxy groups -OCH3 is 2. The van der Waals surface area contributed by atoms with E-state index in [1.807, 2.05) is 12.1 Å². The second kappa shape index (κ2) is 8.93. The summed E-state index contributed by atoms with van der Waals surface area (Å²) in [5.74, 6) is 1.29. The van der Waals surface area contributed by atoms with Crippen LogP contribution in [0.4, 0.5) is 0 Å². The number of aromatic nitrogens is 2. The number of fused-ring (bicyclic) bond motifs is 1. The topological polar surface area (TPSA) is 116 Å². The predicted molar refractivity (Wildman–Crippen MR) is 95.9 cm³/mol. The van der Waals surface area contributed by atoms with Crippen LogP contribution < -0.4 is 19.3 Å². The molecule has 0 radical (unpaired) electrons. The number of aryl methyl sites for hydroxylation is 1. The van der Waals surface area contributed by atoms with Crippen LogP contribution >= 0.6 is 0 Å². The van der Waals surface area contributed by atoms with Crippen molar-refractivity contribution in [3.05, 3.63) is 24.2 Å². The van der Waals surface area contributed by atoms with Crippen LogP contribution in [0.3, 0.4) is 0 Å². The number of nitrogens with zero attached hydrogens (tertiary/aromatic N) is 2. The van der Waals surface area contributed by atoms with Gasteiger partial charge >= 0.3 is 0 Å². The lowest BCUT2D eigenvalue weighted by molar-refractivity contribution is 0.355. The minimum absolute atomic E-state index is 0.367. The Bertz CT molecular complexity index is 811. The van der Waals surface area contributed by atoms with Gasteiger partial charge in [-0.2, -0.15) is 8.42 Å². The molecule has 1 aromatic carbocycles. The highest BCUT2D eigenvalue weighted by Gasteiger charge is 2.10. The van der Waals surface area contributed by atoms with Crippen LogP contribution in [0, 0.1) is 0 Å². The summed E-state index contributed by atoms with van der Waals surface area (Å²) in [5.41, 5.74) is 1.79. The first-order chi connectivity index (χ1) is 11.9. The summed E-state index contributed by atoms with van der Waals surface area (Å²) in [6.07, 6.45) is 5.98. The lowest BCUT2D eigenvalue weighted by atomic mass is 10.1. The molecule has 0 spiro atoms. The summed E-state index contributed by atoms with van der Waals surface area (Å²) in [5, 5.41) is 5.83. The minimum atomic E-state index is -3.59. The van der Waals surface area contributed by atoms with Crippen LogP contribution in [0.1, 0.15) is 31.4 Å². The van der Waals surface area contributed by atoms with Crippen LogP contribution in [0.25, 0.3) is 10.9 Å². The van der Waals surface area contributed by atoms with Gasteiger partial charge in [0.1, 0.15) is 6.33 Å². The zero-order chi connectivity index (χ0) is 18.3. The smallest absolute Gasteiger partial charge is 0.274 e. The molecule has 0 aliphatic carbocycles. The summed E-state index contributed by atoms with van der Waals surface area (Å²) >= 11 is 0. The third kappa shape index (κ3) is 5.80. The molecule has 3 N–H and O–H groups in total. The van der Waals surface area contributed by atoms with Crippen molar-refractivity contribution in [1.82, 2.24) is 14.7 Å². The molecular weight excluding hydrogens is 344 g/mol. The van der Waals surface area contributed by atoms with Gasteiger partial charge in [-0.1, -0.05) is 12.8 Å². The maximum Gasteiger partial charge on any atom is 0.274 e. The van der Waals surface area contributed by atoms with E-state index in [2.05, 4.69) is 14.7 Å². The summed E-state index contributed by atoms with van der Waals surface area (Å²) in [7, 11) is -0.392. The van der Waals surface area contributed by atoms with E-state index in [9.17, 15) is 8.42 Å². The van der Waals surface area contributed by atoms with Crippen molar-refractivity contribution < 1.29 is 17.9 Å². The van der Waals surface area contributed by atoms with Crippen LogP contribution in [0.5, 0.6) is 11.5 Å². The van der Waals surface area contributed by atoms with Gasteiger partial charge in [-0.3, -0.25) is 0 Å². The molecule has 0 fully saturated rings. The largest absolute Gasteiger partial charge is 0.493 e. The van der Waals surface area contributed by atoms with E-state index >= 15 is 0 Å². The fourth-order valence-corrected chi connectivity index (χ4v) is 3.05. The van der Waals surface area contributed by atoms with Crippen molar-refractivity contribution >= 4 is 21.1 Å². The Morgan fingerprint density at radius 3 is 2.40 bits per heavy atom. The van der Waals surface area contributed by atoms with Crippen LogP contribution in [0.15, 0.2) is 18.5 Å². The van der Waals surface area contributed by atoms with Crippen LogP contribution in [0.2, 0.25) is 0 Å². The third-order valence-corrected chi connectivity index (χ3v) is 4.47. The van der Waals surface area contributed by atoms with E-state index in [0.717, 1.165) is 48.7 Å². The first kappa shape index (κ1) is 19.4. The Labute approximate surface area is 147 Å². The number of hydrogen-bond acceptors (Lipinski definition) is 6. The molecule has 0 saturated carbocycles. The lowest BCUT2D eigenvalue weighted by Gasteiger charge is -2.11. The van der Waals surface area contributed by atoms with E-state index < -0.39 is 10.2 Å². The Morgan fingerprint density at radius 1 is 1.04 bits per heavy atom. The maximum atomic E-state index is 10.8. The molecule has 1 heterocycles. The normalized spacial score (nSPS) is 11.6. The number of nitrogens with one attached hydrogen (secondary N) is 1. The highest BCUT2D eigenvalue weighted by atomic mass is 32.2. The van der Waals surface area contributed by atoms with E-state index in [1.165, 1.54) is 0 Å². The van der Waals surface area contributed by atoms with Gasteiger partial charge < -0.3 is 9.47 Å². The number of nitrogens with two attached hydrogens (primary N) is 1. The summed E-state index contributed by atoms with van der Waals surface area (Å²) < 4.78 is 34.5. The second-order valence-corrected chi connectivity index (χ2v) is 7.03. The summed E-state index contributed by atoms with van der Waals surface area (Å²) in [4.78, 5) is 8.68. The number of ether oxygens (including phenoxy) is 2. The quantitative estimate of drug-likeness (QED) is 0.615. The zero-order valence-electron chi connectivity index (χ0n) is 14.5. The number of hydrogen-bond donors (Lipinski definition) is 2. The Hall–Kier alpha value is -1.97. The van der Waals surface area contributed by atoms with Crippen LogP contribution in [-0.2, 0) is 16.6 Å². The third-order valence-electron chi connectivity index (χ3n) is 3.87. The predicted octanol–water partition coefficient (Wildman–Crippen LogP) is 1.54. The first-order valence-electron chi connectivity index (χ1n) is 8.07. The van der Waals surface area contributed by atoms with Gasteiger partial charge in [0.05, 0.1) is 25.4 Å². The first-order valence-corrected chi connectivity index (χ1v) is 9.62. The monoisotopic (exact) mass is 368 g/mol. The molecule has 1 aromatic heterocycles. The molecule has 0 bridgehead atoms. The molecule has 8 nitrogen and oxygen atoms in total. The average molecular weight is 368 g/mol. The Balaban J connectivity index is 1.93. The summed E-state index contributed by atoms with van der Waals surface area (Å²) in [6, 6.07) is 3.75. The van der Waals surface area contributed by atoms with Gasteiger partial charge in [-0.15, -0.1) is 0 Å². The highest BCUT2D eigenvalue weighted by Crippen LogP contribution is 2.32. The molecule has 0 aliphatic rings. The van der Waals surface area contributed by atoms with Crippen LogP contribution in [-0.4, -0.2) is 39.2 Å². The molecular formula is C16H24N4O4S. The molecule has 138 valence electrons. The van der Waals surface area contributed by atoms with Crippen molar-refractivity contribution in [3.8, 4) is 11.5 Å². The summed E-state index contributed by atoms with van der Waals surface area (Å²) in [6.45, 7) is 0.367. The highest BCUT2D eigenvalue weighted by molar-refractivity contribution is 7.87. The molecule has 0 aliphatic heterocycles. The van der Waals surface area contributed by atoms with E-state index in [0.29, 0.717) is 18.0 Å². The molecule has 2 aromatic rings. The molecule has 9 heteroatoms. The molecule has 0 amide bonds. The van der Waals surface area contributed by atoms with Crippen molar-refractivity contribution in [2.24, 2.45) is 5.14 Å². The molecule has 2 rings (SSSR count). The Kier molecular flexibility index (Phi) is 6.91. The van der Waals surface area contributed by atoms with Crippen molar-refractivity contribution in [2.75, 3.05) is 20.8 Å². The van der Waals surface area contributed by atoms with Crippen molar-refractivity contribution in [3.63, 3.8) is 0 Å². The minimum Gasteiger partial charge on any atom is -0.493 e. The van der Waals surface area contributed by atoms with Gasteiger partial charge in [0.2, 0.25) is 0 Å². The SMILES string of the molecule is COc1cc2ncnc(CCCCCCNS(N)(=O)=O)c2cc1OC. The fourth-order valence-electron chi connectivity index (χ4n) is 2.62. The number of unbranched alkanes of at least 4 members (excludes halogenated alkanes) is 3. The average Bonchev–Trinajstić information content (AvgIpc) is 2.58. The van der Waals surface area contributed by atoms with Gasteiger partial charge in [-0.25, -0.2) is 19.8 Å². The van der Waals surface area contributed by atoms with Gasteiger partial charge in [0.15, 0.2) is 11.5 Å². The standard InChI is InChI=1S/C16H24N4O4S/c1-23-15-9-12-13(18-11-19-14(12)10-16(15)24-2)7-5-3-4-6-8-20-25(17,21)22/h9-11,20H,3-8H2,1-2H3,(H2,17,21,22). The van der Waals surface area contributed by atoms with E-state index in [-0.39, 0.29) is 0 Å². The fraction of sp³-hybridized carbons (Fsp3) is 0.500. The molecule has 25 heavy (non-hydrogen) atoms. The second-order valence-electron chi connectivity index (χ2n) is 5.65. The van der Waals surface area contributed by atoms with Crippen molar-refractivity contribution in [1.29, 1.82) is 0 Å². The van der Waals surface area contributed by atoms with Gasteiger partial charge in [-0.05, 0) is 25.3 Å². The number of rotatable bonds is 10. The maximum absolute atomic E-state index is 10.8.